The first kappa shape index (κ1) is 12.9. The van der Waals surface area contributed by atoms with Crippen LogP contribution in [-0.2, 0) is 4.74 Å². The minimum Gasteiger partial charge on any atom is -0.375 e. The van der Waals surface area contributed by atoms with Crippen molar-refractivity contribution in [2.45, 2.75) is 82.3 Å². The summed E-state index contributed by atoms with van der Waals surface area (Å²) in [6, 6.07) is 0. The van der Waals surface area contributed by atoms with Gasteiger partial charge in [-0.2, -0.15) is 0 Å². The summed E-state index contributed by atoms with van der Waals surface area (Å²) in [5.74, 6) is 0.856. The second kappa shape index (κ2) is 5.13. The fourth-order valence-electron chi connectivity index (χ4n) is 4.53. The maximum absolute atomic E-state index is 6.12. The number of rotatable bonds is 2. The molecule has 2 nitrogen and oxygen atoms in total. The van der Waals surface area contributed by atoms with E-state index in [1.807, 2.05) is 0 Å². The number of ether oxygens (including phenoxy) is 1. The Bertz CT molecular complexity index is 277. The van der Waals surface area contributed by atoms with Crippen molar-refractivity contribution in [2.75, 3.05) is 13.2 Å². The van der Waals surface area contributed by atoms with E-state index in [2.05, 4.69) is 12.2 Å². The molecule has 0 aromatic heterocycles. The van der Waals surface area contributed by atoms with E-state index in [1.165, 1.54) is 70.8 Å². The molecule has 1 aliphatic carbocycles. The van der Waals surface area contributed by atoms with E-state index >= 15 is 0 Å². The van der Waals surface area contributed by atoms with Gasteiger partial charge in [0.1, 0.15) is 0 Å². The van der Waals surface area contributed by atoms with Gasteiger partial charge in [-0.05, 0) is 63.8 Å². The van der Waals surface area contributed by atoms with Gasteiger partial charge in [-0.15, -0.1) is 0 Å². The summed E-state index contributed by atoms with van der Waals surface area (Å²) >= 11 is 0. The number of hydrogen-bond donors (Lipinski definition) is 1. The minimum atomic E-state index is 0.305. The molecule has 2 unspecified atom stereocenters. The first-order valence-electron chi connectivity index (χ1n) is 8.18. The molecule has 2 aliphatic heterocycles. The van der Waals surface area contributed by atoms with Gasteiger partial charge in [0.25, 0.3) is 0 Å². The molecule has 3 aliphatic rings. The standard InChI is InChI=1S/C16H29NO/c1-2-16(10-4-3-5-11-17-16)14-7-12-18-15(13-14)8-6-9-15/h14,17H,2-13H2,1H3. The lowest BCUT2D eigenvalue weighted by Crippen LogP contribution is -2.57. The van der Waals surface area contributed by atoms with Gasteiger partial charge in [0.2, 0.25) is 0 Å². The molecule has 18 heavy (non-hydrogen) atoms. The zero-order chi connectivity index (χ0) is 12.5. The highest BCUT2D eigenvalue weighted by Crippen LogP contribution is 2.48. The molecule has 0 aromatic carbocycles. The predicted molar refractivity (Wildman–Crippen MR) is 74.8 cm³/mol. The average molecular weight is 251 g/mol. The first-order valence-corrected chi connectivity index (χ1v) is 8.18. The van der Waals surface area contributed by atoms with Gasteiger partial charge in [0.05, 0.1) is 5.60 Å². The summed E-state index contributed by atoms with van der Waals surface area (Å²) in [7, 11) is 0. The molecule has 2 saturated heterocycles. The van der Waals surface area contributed by atoms with Gasteiger partial charge >= 0.3 is 0 Å². The fraction of sp³-hybridized carbons (Fsp3) is 1.00. The molecule has 1 spiro atoms. The van der Waals surface area contributed by atoms with Crippen molar-refractivity contribution in [2.24, 2.45) is 5.92 Å². The lowest BCUT2D eigenvalue weighted by molar-refractivity contribution is -0.155. The normalized spacial score (nSPS) is 40.2. The summed E-state index contributed by atoms with van der Waals surface area (Å²) in [4.78, 5) is 0. The van der Waals surface area contributed by atoms with Crippen LogP contribution in [0.4, 0.5) is 0 Å². The predicted octanol–water partition coefficient (Wildman–Crippen LogP) is 3.65. The van der Waals surface area contributed by atoms with Crippen LogP contribution in [0, 0.1) is 5.92 Å². The Morgan fingerprint density at radius 3 is 2.72 bits per heavy atom. The van der Waals surface area contributed by atoms with E-state index < -0.39 is 0 Å². The van der Waals surface area contributed by atoms with E-state index in [0.717, 1.165) is 12.5 Å². The van der Waals surface area contributed by atoms with Crippen molar-refractivity contribution in [3.05, 3.63) is 0 Å². The molecule has 1 N–H and O–H groups in total. The molecule has 1 saturated carbocycles. The molecule has 0 amide bonds. The maximum Gasteiger partial charge on any atom is 0.0686 e. The SMILES string of the molecule is CCC1(C2CCOC3(CCC3)C2)CCCCCN1. The van der Waals surface area contributed by atoms with E-state index in [9.17, 15) is 0 Å². The Morgan fingerprint density at radius 1 is 1.11 bits per heavy atom. The molecule has 2 atom stereocenters. The van der Waals surface area contributed by atoms with Crippen LogP contribution in [-0.4, -0.2) is 24.3 Å². The van der Waals surface area contributed by atoms with E-state index in [1.54, 1.807) is 0 Å². The quantitative estimate of drug-likeness (QED) is 0.809. The van der Waals surface area contributed by atoms with Gasteiger partial charge in [0, 0.05) is 12.1 Å². The summed E-state index contributed by atoms with van der Waals surface area (Å²) in [5.41, 5.74) is 0.738. The summed E-state index contributed by atoms with van der Waals surface area (Å²) < 4.78 is 6.12. The molecular formula is C16H29NO. The molecule has 0 bridgehead atoms. The first-order chi connectivity index (χ1) is 8.79. The molecule has 0 aromatic rings. The van der Waals surface area contributed by atoms with Gasteiger partial charge in [-0.25, -0.2) is 0 Å². The summed E-state index contributed by atoms with van der Waals surface area (Å²) in [6.45, 7) is 4.63. The third kappa shape index (κ3) is 2.22. The lowest BCUT2D eigenvalue weighted by Gasteiger charge is -2.52. The second-order valence-corrected chi connectivity index (χ2v) is 6.82. The number of hydrogen-bond acceptors (Lipinski definition) is 2. The van der Waals surface area contributed by atoms with Crippen LogP contribution in [0.15, 0.2) is 0 Å². The van der Waals surface area contributed by atoms with Crippen LogP contribution in [0.1, 0.15) is 71.1 Å². The largest absolute Gasteiger partial charge is 0.375 e. The highest BCUT2D eigenvalue weighted by atomic mass is 16.5. The third-order valence-electron chi connectivity index (χ3n) is 5.95. The van der Waals surface area contributed by atoms with E-state index in [4.69, 9.17) is 4.74 Å². The molecule has 2 heteroatoms. The molecule has 0 radical (unpaired) electrons. The molecule has 3 rings (SSSR count). The van der Waals surface area contributed by atoms with Gasteiger partial charge < -0.3 is 10.1 Å². The van der Waals surface area contributed by atoms with Crippen molar-refractivity contribution in [3.8, 4) is 0 Å². The van der Waals surface area contributed by atoms with Crippen LogP contribution >= 0.6 is 0 Å². The average Bonchev–Trinajstić information content (AvgIpc) is 2.63. The van der Waals surface area contributed by atoms with Crippen molar-refractivity contribution >= 4 is 0 Å². The third-order valence-corrected chi connectivity index (χ3v) is 5.95. The second-order valence-electron chi connectivity index (χ2n) is 6.82. The Labute approximate surface area is 112 Å². The molecule has 104 valence electrons. The Balaban J connectivity index is 1.73. The summed E-state index contributed by atoms with van der Waals surface area (Å²) in [5, 5.41) is 3.94. The van der Waals surface area contributed by atoms with Crippen LogP contribution in [0.5, 0.6) is 0 Å². The van der Waals surface area contributed by atoms with Crippen molar-refractivity contribution in [1.29, 1.82) is 0 Å². The van der Waals surface area contributed by atoms with Gasteiger partial charge in [-0.3, -0.25) is 0 Å². The molecule has 3 fully saturated rings. The van der Waals surface area contributed by atoms with Gasteiger partial charge in [0.15, 0.2) is 0 Å². The minimum absolute atomic E-state index is 0.305. The zero-order valence-corrected chi connectivity index (χ0v) is 12.0. The highest BCUT2D eigenvalue weighted by molar-refractivity contribution is 5.02. The van der Waals surface area contributed by atoms with E-state index in [0.29, 0.717) is 11.1 Å². The highest BCUT2D eigenvalue weighted by Gasteiger charge is 2.48. The topological polar surface area (TPSA) is 21.3 Å². The maximum atomic E-state index is 6.12. The smallest absolute Gasteiger partial charge is 0.0686 e. The van der Waals surface area contributed by atoms with Crippen molar-refractivity contribution < 1.29 is 4.74 Å². The van der Waals surface area contributed by atoms with Crippen LogP contribution in [0.2, 0.25) is 0 Å². The zero-order valence-electron chi connectivity index (χ0n) is 12.0. The van der Waals surface area contributed by atoms with Crippen LogP contribution < -0.4 is 5.32 Å². The van der Waals surface area contributed by atoms with E-state index in [-0.39, 0.29) is 0 Å². The monoisotopic (exact) mass is 251 g/mol. The van der Waals surface area contributed by atoms with Crippen molar-refractivity contribution in [1.82, 2.24) is 5.32 Å². The Hall–Kier alpha value is -0.0800. The lowest BCUT2D eigenvalue weighted by atomic mass is 9.65. The molecule has 2 heterocycles. The molecular weight excluding hydrogens is 222 g/mol. The van der Waals surface area contributed by atoms with Crippen LogP contribution in [0.25, 0.3) is 0 Å². The Kier molecular flexibility index (Phi) is 3.68. The van der Waals surface area contributed by atoms with Crippen molar-refractivity contribution in [3.63, 3.8) is 0 Å². The summed E-state index contributed by atoms with van der Waals surface area (Å²) in [6.07, 6.45) is 13.5. The Morgan fingerprint density at radius 2 is 2.00 bits per heavy atom. The van der Waals surface area contributed by atoms with Gasteiger partial charge in [-0.1, -0.05) is 19.8 Å². The number of nitrogens with one attached hydrogen (secondary N) is 1. The van der Waals surface area contributed by atoms with Crippen LogP contribution in [0.3, 0.4) is 0 Å². The fourth-order valence-corrected chi connectivity index (χ4v) is 4.53.